The molecule has 23 heavy (non-hydrogen) atoms. The average molecular weight is 320 g/mol. The molecule has 2 N–H and O–H groups in total. The first-order chi connectivity index (χ1) is 10.9. The van der Waals surface area contributed by atoms with Crippen LogP contribution in [0.5, 0.6) is 5.75 Å². The van der Waals surface area contributed by atoms with Crippen molar-refractivity contribution < 1.29 is 24.2 Å². The van der Waals surface area contributed by atoms with E-state index in [1.54, 1.807) is 6.08 Å². The number of hydrogen-bond acceptors (Lipinski definition) is 6. The Morgan fingerprint density at radius 1 is 1.65 bits per heavy atom. The van der Waals surface area contributed by atoms with Gasteiger partial charge in [-0.2, -0.15) is 0 Å². The van der Waals surface area contributed by atoms with Gasteiger partial charge in [0.2, 0.25) is 5.43 Å². The Kier molecular flexibility index (Phi) is 3.48. The van der Waals surface area contributed by atoms with Crippen molar-refractivity contribution in [3.63, 3.8) is 0 Å². The van der Waals surface area contributed by atoms with Crippen molar-refractivity contribution in [2.45, 2.75) is 18.0 Å². The second-order valence-corrected chi connectivity index (χ2v) is 5.60. The van der Waals surface area contributed by atoms with Crippen molar-refractivity contribution in [1.29, 1.82) is 0 Å². The van der Waals surface area contributed by atoms with Crippen molar-refractivity contribution in [3.8, 4) is 5.75 Å². The Morgan fingerprint density at radius 3 is 3.04 bits per heavy atom. The molecule has 1 saturated heterocycles. The van der Waals surface area contributed by atoms with E-state index >= 15 is 0 Å². The van der Waals surface area contributed by atoms with Gasteiger partial charge in [0.25, 0.3) is 5.91 Å². The molecule has 3 rings (SSSR count). The number of fused-ring (bicyclic) bond motifs is 3. The van der Waals surface area contributed by atoms with Gasteiger partial charge in [-0.25, -0.2) is 4.79 Å². The highest BCUT2D eigenvalue weighted by Crippen LogP contribution is 2.38. The minimum Gasteiger partial charge on any atom is -0.503 e. The molecule has 8 heteroatoms. The van der Waals surface area contributed by atoms with Crippen LogP contribution < -0.4 is 10.7 Å². The van der Waals surface area contributed by atoms with Crippen LogP contribution in [0.4, 0.5) is 0 Å². The smallest absolute Gasteiger partial charge is 0.343 e. The number of hydrogen-bond donors (Lipinski definition) is 2. The number of esters is 1. The molecular weight excluding hydrogens is 304 g/mol. The van der Waals surface area contributed by atoms with Gasteiger partial charge >= 0.3 is 5.97 Å². The quantitative estimate of drug-likeness (QED) is 0.598. The largest absolute Gasteiger partial charge is 0.503 e. The van der Waals surface area contributed by atoms with Crippen molar-refractivity contribution in [1.82, 2.24) is 9.88 Å². The monoisotopic (exact) mass is 320 g/mol. The molecule has 0 spiro atoms. The fourth-order valence-corrected chi connectivity index (χ4v) is 3.21. The van der Waals surface area contributed by atoms with Crippen LogP contribution in [-0.4, -0.2) is 47.4 Å². The molecule has 8 nitrogen and oxygen atoms in total. The first-order valence-corrected chi connectivity index (χ1v) is 7.02. The van der Waals surface area contributed by atoms with Crippen molar-refractivity contribution >= 4 is 11.9 Å². The van der Waals surface area contributed by atoms with Gasteiger partial charge in [-0.15, -0.1) is 6.58 Å². The number of carbonyl (C=O) groups is 2. The Bertz CT molecular complexity index is 768. The van der Waals surface area contributed by atoms with Crippen LogP contribution in [0, 0.1) is 0 Å². The zero-order chi connectivity index (χ0) is 16.8. The van der Waals surface area contributed by atoms with E-state index in [0.717, 1.165) is 7.11 Å². The predicted octanol–water partition coefficient (Wildman–Crippen LogP) is -0.0299. The van der Waals surface area contributed by atoms with E-state index in [-0.39, 0.29) is 30.5 Å². The van der Waals surface area contributed by atoms with Gasteiger partial charge < -0.3 is 24.5 Å². The number of nitrogens with zero attached hydrogens (tertiary/aromatic N) is 1. The van der Waals surface area contributed by atoms with E-state index in [9.17, 15) is 19.5 Å². The van der Waals surface area contributed by atoms with Gasteiger partial charge in [-0.05, 0) is 6.42 Å². The van der Waals surface area contributed by atoms with Crippen LogP contribution >= 0.6 is 0 Å². The lowest BCUT2D eigenvalue weighted by Crippen LogP contribution is -2.59. The normalized spacial score (nSPS) is 25.3. The maximum atomic E-state index is 12.4. The third-order valence-electron chi connectivity index (χ3n) is 4.31. The molecule has 0 aliphatic carbocycles. The molecular formula is C15H16N2O6. The van der Waals surface area contributed by atoms with Crippen molar-refractivity contribution in [3.05, 3.63) is 40.3 Å². The fourth-order valence-electron chi connectivity index (χ4n) is 3.21. The van der Waals surface area contributed by atoms with E-state index < -0.39 is 28.6 Å². The molecule has 0 radical (unpaired) electrons. The lowest BCUT2D eigenvalue weighted by atomic mass is 9.86. The number of amides is 1. The Labute approximate surface area is 131 Å². The molecule has 2 atom stereocenters. The second kappa shape index (κ2) is 5.24. The molecule has 1 amide bonds. The minimum atomic E-state index is -0.937. The lowest BCUT2D eigenvalue weighted by molar-refractivity contribution is 0.0594. The van der Waals surface area contributed by atoms with Gasteiger partial charge in [0.1, 0.15) is 5.56 Å². The second-order valence-electron chi connectivity index (χ2n) is 5.60. The highest BCUT2D eigenvalue weighted by Gasteiger charge is 2.50. The average Bonchev–Trinajstić information content (AvgIpc) is 2.93. The van der Waals surface area contributed by atoms with Gasteiger partial charge in [0.15, 0.2) is 11.4 Å². The third-order valence-corrected chi connectivity index (χ3v) is 4.31. The fraction of sp³-hybridized carbons (Fsp3) is 0.400. The van der Waals surface area contributed by atoms with Crippen molar-refractivity contribution in [2.24, 2.45) is 0 Å². The number of rotatable bonds is 3. The molecule has 0 saturated carbocycles. The van der Waals surface area contributed by atoms with Crippen LogP contribution in [0.3, 0.4) is 0 Å². The zero-order valence-corrected chi connectivity index (χ0v) is 12.5. The summed E-state index contributed by atoms with van der Waals surface area (Å²) in [6.45, 7) is 4.23. The Hall–Kier alpha value is -2.61. The topological polar surface area (TPSA) is 107 Å². The van der Waals surface area contributed by atoms with Crippen LogP contribution in [0.15, 0.2) is 23.6 Å². The summed E-state index contributed by atoms with van der Waals surface area (Å²) in [5.41, 5.74) is -2.17. The number of nitrogens with one attached hydrogen (secondary N) is 1. The summed E-state index contributed by atoms with van der Waals surface area (Å²) in [4.78, 5) is 36.2. The molecule has 2 aliphatic rings. The van der Waals surface area contributed by atoms with Gasteiger partial charge in [-0.1, -0.05) is 6.08 Å². The highest BCUT2D eigenvalue weighted by molar-refractivity contribution is 5.98. The summed E-state index contributed by atoms with van der Waals surface area (Å²) in [5.74, 6) is -2.25. The van der Waals surface area contributed by atoms with Gasteiger partial charge in [-0.3, -0.25) is 9.59 Å². The SMILES string of the molecule is C=CC[C@@]12COC[C@@H]1n1cc(C(=O)OC)c(=O)c(O)c1C(=O)N2. The molecule has 122 valence electrons. The van der Waals surface area contributed by atoms with Crippen LogP contribution in [0.25, 0.3) is 0 Å². The van der Waals surface area contributed by atoms with Crippen LogP contribution in [0.1, 0.15) is 33.3 Å². The minimum absolute atomic E-state index is 0.183. The molecule has 1 aromatic rings. The van der Waals surface area contributed by atoms with E-state index in [0.29, 0.717) is 6.42 Å². The number of methoxy groups -OCH3 is 1. The van der Waals surface area contributed by atoms with Crippen LogP contribution in [0.2, 0.25) is 0 Å². The molecule has 1 fully saturated rings. The molecule has 1 aromatic heterocycles. The summed E-state index contributed by atoms with van der Waals surface area (Å²) in [6, 6.07) is -0.372. The number of pyridine rings is 1. The van der Waals surface area contributed by atoms with Crippen LogP contribution in [-0.2, 0) is 9.47 Å². The zero-order valence-electron chi connectivity index (χ0n) is 12.5. The predicted molar refractivity (Wildman–Crippen MR) is 78.6 cm³/mol. The summed E-state index contributed by atoms with van der Waals surface area (Å²) >= 11 is 0. The summed E-state index contributed by atoms with van der Waals surface area (Å²) in [5, 5.41) is 12.9. The Balaban J connectivity index is 2.25. The van der Waals surface area contributed by atoms with E-state index in [2.05, 4.69) is 16.6 Å². The van der Waals surface area contributed by atoms with Gasteiger partial charge in [0.05, 0.1) is 31.9 Å². The Morgan fingerprint density at radius 2 is 2.39 bits per heavy atom. The summed E-state index contributed by atoms with van der Waals surface area (Å²) in [6.07, 6.45) is 3.36. The number of aromatic nitrogens is 1. The first-order valence-electron chi connectivity index (χ1n) is 7.02. The number of aromatic hydroxyl groups is 1. The summed E-state index contributed by atoms with van der Waals surface area (Å²) in [7, 11) is 1.14. The molecule has 0 bridgehead atoms. The summed E-state index contributed by atoms with van der Waals surface area (Å²) < 4.78 is 11.5. The van der Waals surface area contributed by atoms with E-state index in [4.69, 9.17) is 4.74 Å². The maximum Gasteiger partial charge on any atom is 0.343 e. The van der Waals surface area contributed by atoms with Gasteiger partial charge in [0, 0.05) is 6.20 Å². The molecule has 3 heterocycles. The molecule has 0 aromatic carbocycles. The van der Waals surface area contributed by atoms with Crippen molar-refractivity contribution in [2.75, 3.05) is 20.3 Å². The third kappa shape index (κ3) is 2.06. The number of ether oxygens (including phenoxy) is 2. The highest BCUT2D eigenvalue weighted by atomic mass is 16.5. The maximum absolute atomic E-state index is 12.4. The van der Waals surface area contributed by atoms with E-state index in [1.807, 2.05) is 0 Å². The first kappa shape index (κ1) is 15.3. The number of carbonyl (C=O) groups excluding carboxylic acids is 2. The molecule has 2 aliphatic heterocycles. The van der Waals surface area contributed by atoms with E-state index in [1.165, 1.54) is 10.8 Å². The lowest BCUT2D eigenvalue weighted by Gasteiger charge is -2.40. The standard InChI is InChI=1S/C15H16N2O6/c1-3-4-15-7-23-6-9(15)17-5-8(14(21)22-2)11(18)12(19)10(17)13(20)16-15/h3,5,9,19H,1,4,6-7H2,2H3,(H,16,20)/t9-,15+/m0/s1. The molecule has 0 unspecified atom stereocenters.